The molecule has 0 aliphatic rings. The molecule has 4 nitrogen and oxygen atoms in total. The minimum atomic E-state index is 0.713. The largest absolute Gasteiger partial charge is 0.464 e. The fourth-order valence-corrected chi connectivity index (χ4v) is 2.28. The van der Waals surface area contributed by atoms with E-state index in [1.54, 1.807) is 6.26 Å². The van der Waals surface area contributed by atoms with Crippen LogP contribution in [0.25, 0.3) is 22.4 Å². The van der Waals surface area contributed by atoms with Crippen LogP contribution in [0.15, 0.2) is 41.0 Å². The lowest BCUT2D eigenvalue weighted by Gasteiger charge is -2.06. The highest BCUT2D eigenvalue weighted by Crippen LogP contribution is 2.29. The molecule has 0 saturated carbocycles. The van der Waals surface area contributed by atoms with Crippen LogP contribution in [0.2, 0.25) is 0 Å². The summed E-state index contributed by atoms with van der Waals surface area (Å²) < 4.78 is 5.58. The predicted octanol–water partition coefficient (Wildman–Crippen LogP) is 3.88. The molecule has 3 rings (SSSR count). The summed E-state index contributed by atoms with van der Waals surface area (Å²) in [5, 5.41) is 4.14. The van der Waals surface area contributed by atoms with Gasteiger partial charge in [0.15, 0.2) is 5.82 Å². The van der Waals surface area contributed by atoms with E-state index >= 15 is 0 Å². The van der Waals surface area contributed by atoms with Crippen LogP contribution in [0.3, 0.4) is 0 Å². The fraction of sp³-hybridized carbons (Fsp3) is 0.250. The average Bonchev–Trinajstić information content (AvgIpc) is 2.91. The van der Waals surface area contributed by atoms with Gasteiger partial charge < -0.3 is 9.73 Å². The molecule has 20 heavy (non-hydrogen) atoms. The molecule has 1 aromatic carbocycles. The maximum absolute atomic E-state index is 5.58. The average molecular weight is 267 g/mol. The van der Waals surface area contributed by atoms with Gasteiger partial charge in [0, 0.05) is 24.2 Å². The van der Waals surface area contributed by atoms with Gasteiger partial charge in [-0.15, -0.1) is 0 Å². The summed E-state index contributed by atoms with van der Waals surface area (Å²) in [5.74, 6) is 1.55. The Morgan fingerprint density at radius 2 is 2.05 bits per heavy atom. The van der Waals surface area contributed by atoms with Crippen molar-refractivity contribution in [3.05, 3.63) is 42.3 Å². The number of benzene rings is 1. The Morgan fingerprint density at radius 1 is 1.20 bits per heavy atom. The second-order valence-electron chi connectivity index (χ2n) is 4.71. The normalized spacial score (nSPS) is 10.9. The molecule has 0 atom stereocenters. The van der Waals surface area contributed by atoms with Gasteiger partial charge in [0.05, 0.1) is 5.56 Å². The van der Waals surface area contributed by atoms with E-state index in [0.717, 1.165) is 40.9 Å². The van der Waals surface area contributed by atoms with Crippen molar-refractivity contribution in [1.82, 2.24) is 9.97 Å². The summed E-state index contributed by atoms with van der Waals surface area (Å²) >= 11 is 0. The van der Waals surface area contributed by atoms with Gasteiger partial charge in [-0.2, -0.15) is 0 Å². The lowest BCUT2D eigenvalue weighted by Crippen LogP contribution is -2.00. The number of anilines is 1. The highest BCUT2D eigenvalue weighted by atomic mass is 16.3. The number of fused-ring (bicyclic) bond motifs is 1. The lowest BCUT2D eigenvalue weighted by atomic mass is 10.1. The number of nitrogens with zero attached hydrogens (tertiary/aromatic N) is 2. The predicted molar refractivity (Wildman–Crippen MR) is 80.8 cm³/mol. The van der Waals surface area contributed by atoms with Crippen molar-refractivity contribution in [2.24, 2.45) is 0 Å². The first-order chi connectivity index (χ1) is 9.81. The Morgan fingerprint density at radius 3 is 2.85 bits per heavy atom. The number of furan rings is 1. The molecule has 4 heteroatoms. The van der Waals surface area contributed by atoms with E-state index in [1.165, 1.54) is 0 Å². The molecule has 2 aromatic heterocycles. The third kappa shape index (κ3) is 2.25. The molecule has 0 unspecified atom stereocenters. The maximum Gasteiger partial charge on any atom is 0.165 e. The Hall–Kier alpha value is -2.36. The molecule has 0 radical (unpaired) electrons. The highest BCUT2D eigenvalue weighted by Gasteiger charge is 2.12. The van der Waals surface area contributed by atoms with Crippen molar-refractivity contribution >= 4 is 16.8 Å². The summed E-state index contributed by atoms with van der Waals surface area (Å²) in [4.78, 5) is 9.20. The smallest absolute Gasteiger partial charge is 0.165 e. The zero-order valence-electron chi connectivity index (χ0n) is 11.7. The lowest BCUT2D eigenvalue weighted by molar-refractivity contribution is 0.616. The number of hydrogen-bond acceptors (Lipinski definition) is 4. The first-order valence-corrected chi connectivity index (χ1v) is 6.84. The van der Waals surface area contributed by atoms with Gasteiger partial charge in [0.25, 0.3) is 0 Å². The van der Waals surface area contributed by atoms with Gasteiger partial charge in [-0.1, -0.05) is 31.5 Å². The van der Waals surface area contributed by atoms with Crippen LogP contribution in [-0.4, -0.2) is 17.0 Å². The van der Waals surface area contributed by atoms with Gasteiger partial charge >= 0.3 is 0 Å². The first kappa shape index (κ1) is 12.7. The van der Waals surface area contributed by atoms with Crippen LogP contribution in [-0.2, 0) is 6.42 Å². The van der Waals surface area contributed by atoms with Gasteiger partial charge in [-0.25, -0.2) is 9.97 Å². The zero-order chi connectivity index (χ0) is 13.9. The number of para-hydroxylation sites is 1. The quantitative estimate of drug-likeness (QED) is 0.779. The molecule has 1 N–H and O–H groups in total. The van der Waals surface area contributed by atoms with E-state index in [4.69, 9.17) is 4.42 Å². The van der Waals surface area contributed by atoms with E-state index in [2.05, 4.69) is 22.2 Å². The first-order valence-electron chi connectivity index (χ1n) is 6.84. The molecule has 0 aliphatic carbocycles. The van der Waals surface area contributed by atoms with Crippen LogP contribution in [0.5, 0.6) is 0 Å². The molecule has 0 aliphatic heterocycles. The second kappa shape index (κ2) is 5.33. The minimum absolute atomic E-state index is 0.713. The Kier molecular flexibility index (Phi) is 3.37. The maximum atomic E-state index is 5.58. The van der Waals surface area contributed by atoms with Gasteiger partial charge in [0.2, 0.25) is 0 Å². The number of hydrogen-bond donors (Lipinski definition) is 1. The summed E-state index contributed by atoms with van der Waals surface area (Å²) in [6, 6.07) is 9.94. The van der Waals surface area contributed by atoms with Crippen molar-refractivity contribution in [3.8, 4) is 11.4 Å². The summed E-state index contributed by atoms with van der Waals surface area (Å²) in [6.07, 6.45) is 3.74. The van der Waals surface area contributed by atoms with Crippen molar-refractivity contribution in [1.29, 1.82) is 0 Å². The molecule has 0 amide bonds. The third-order valence-corrected chi connectivity index (χ3v) is 3.26. The Bertz CT molecular complexity index is 733. The topological polar surface area (TPSA) is 51.0 Å². The minimum Gasteiger partial charge on any atom is -0.464 e. The van der Waals surface area contributed by atoms with Crippen LogP contribution >= 0.6 is 0 Å². The molecule has 0 bridgehead atoms. The van der Waals surface area contributed by atoms with E-state index < -0.39 is 0 Å². The van der Waals surface area contributed by atoms with Crippen molar-refractivity contribution < 1.29 is 4.42 Å². The van der Waals surface area contributed by atoms with Crippen molar-refractivity contribution in [3.63, 3.8) is 0 Å². The molecular formula is C16H17N3O. The molecule has 2 heterocycles. The van der Waals surface area contributed by atoms with E-state index in [-0.39, 0.29) is 0 Å². The fourth-order valence-electron chi connectivity index (χ4n) is 2.28. The Labute approximate surface area is 117 Å². The zero-order valence-corrected chi connectivity index (χ0v) is 11.7. The number of aryl methyl sites for hydroxylation is 1. The van der Waals surface area contributed by atoms with E-state index in [1.807, 2.05) is 37.4 Å². The SMILES string of the molecule is CCCc1cc(NC)nc(-c2coc3ccccc23)n1. The standard InChI is InChI=1S/C16H17N3O/c1-3-6-11-9-15(17-2)19-16(18-11)13-10-20-14-8-5-4-7-12(13)14/h4-5,7-10H,3,6H2,1-2H3,(H,17,18,19). The van der Waals surface area contributed by atoms with Crippen LogP contribution in [0, 0.1) is 0 Å². The van der Waals surface area contributed by atoms with Crippen molar-refractivity contribution in [2.75, 3.05) is 12.4 Å². The van der Waals surface area contributed by atoms with E-state index in [9.17, 15) is 0 Å². The third-order valence-electron chi connectivity index (χ3n) is 3.26. The molecular weight excluding hydrogens is 250 g/mol. The van der Waals surface area contributed by atoms with E-state index in [0.29, 0.717) is 5.82 Å². The monoisotopic (exact) mass is 267 g/mol. The molecule has 0 saturated heterocycles. The molecule has 102 valence electrons. The van der Waals surface area contributed by atoms with Crippen molar-refractivity contribution in [2.45, 2.75) is 19.8 Å². The number of aromatic nitrogens is 2. The van der Waals surface area contributed by atoms with Crippen LogP contribution in [0.1, 0.15) is 19.0 Å². The highest BCUT2D eigenvalue weighted by molar-refractivity contribution is 5.92. The van der Waals surface area contributed by atoms with Gasteiger partial charge in [0.1, 0.15) is 17.7 Å². The summed E-state index contributed by atoms with van der Waals surface area (Å²) in [7, 11) is 1.87. The summed E-state index contributed by atoms with van der Waals surface area (Å²) in [5.41, 5.74) is 2.85. The molecule has 0 spiro atoms. The number of nitrogens with one attached hydrogen (secondary N) is 1. The summed E-state index contributed by atoms with van der Waals surface area (Å²) in [6.45, 7) is 2.15. The van der Waals surface area contributed by atoms with Crippen LogP contribution in [0.4, 0.5) is 5.82 Å². The molecule has 3 aromatic rings. The van der Waals surface area contributed by atoms with Crippen LogP contribution < -0.4 is 5.32 Å². The van der Waals surface area contributed by atoms with Gasteiger partial charge in [-0.05, 0) is 12.5 Å². The Balaban J connectivity index is 2.15. The second-order valence-corrected chi connectivity index (χ2v) is 4.71. The van der Waals surface area contributed by atoms with Gasteiger partial charge in [-0.3, -0.25) is 0 Å². The molecule has 0 fully saturated rings. The number of rotatable bonds is 4.